The van der Waals surface area contributed by atoms with Crippen LogP contribution in [0.15, 0.2) is 28.8 Å². The second kappa shape index (κ2) is 8.31. The Morgan fingerprint density at radius 2 is 1.96 bits per heavy atom. The zero-order valence-corrected chi connectivity index (χ0v) is 15.2. The van der Waals surface area contributed by atoms with Crippen molar-refractivity contribution >= 4 is 0 Å². The van der Waals surface area contributed by atoms with Crippen molar-refractivity contribution in [1.29, 1.82) is 0 Å². The van der Waals surface area contributed by atoms with Crippen LogP contribution < -0.4 is 4.74 Å². The van der Waals surface area contributed by atoms with Crippen molar-refractivity contribution < 1.29 is 14.4 Å². The normalized spacial score (nSPS) is 12.8. The summed E-state index contributed by atoms with van der Waals surface area (Å²) in [4.78, 5) is 2.05. The van der Waals surface area contributed by atoms with E-state index in [0.29, 0.717) is 19.0 Å². The smallest absolute Gasteiger partial charge is 0.138 e. The largest absolute Gasteiger partial charge is 0.491 e. The standard InChI is InChI=1S/C19H28N2O3/c1-13(2)17-8-6-7-9-19(17)23-12-16(22)10-21(5)11-18-14(3)20-24-15(18)4/h6-9,13,16,22H,10-12H2,1-5H3. The molecule has 5 heteroatoms. The van der Waals surface area contributed by atoms with E-state index in [0.717, 1.165) is 28.3 Å². The highest BCUT2D eigenvalue weighted by Crippen LogP contribution is 2.25. The summed E-state index contributed by atoms with van der Waals surface area (Å²) in [5, 5.41) is 14.2. The molecule has 0 bridgehead atoms. The van der Waals surface area contributed by atoms with E-state index in [1.54, 1.807) is 0 Å². The first-order valence-corrected chi connectivity index (χ1v) is 8.38. The van der Waals surface area contributed by atoms with Crippen LogP contribution in [0.25, 0.3) is 0 Å². The molecule has 0 saturated carbocycles. The van der Waals surface area contributed by atoms with E-state index >= 15 is 0 Å². The maximum absolute atomic E-state index is 10.3. The fourth-order valence-corrected chi connectivity index (χ4v) is 2.75. The zero-order valence-electron chi connectivity index (χ0n) is 15.2. The molecular weight excluding hydrogens is 304 g/mol. The van der Waals surface area contributed by atoms with Gasteiger partial charge in [-0.2, -0.15) is 0 Å². The number of hydrogen-bond donors (Lipinski definition) is 1. The van der Waals surface area contributed by atoms with E-state index in [9.17, 15) is 5.11 Å². The van der Waals surface area contributed by atoms with Gasteiger partial charge in [-0.05, 0) is 38.4 Å². The van der Waals surface area contributed by atoms with Gasteiger partial charge in [0.05, 0.1) is 5.69 Å². The minimum Gasteiger partial charge on any atom is -0.491 e. The molecule has 2 rings (SSSR count). The third-order valence-corrected chi connectivity index (χ3v) is 4.10. The summed E-state index contributed by atoms with van der Waals surface area (Å²) in [5.74, 6) is 2.07. The summed E-state index contributed by atoms with van der Waals surface area (Å²) in [6.45, 7) is 9.60. The minimum absolute atomic E-state index is 0.273. The monoisotopic (exact) mass is 332 g/mol. The van der Waals surface area contributed by atoms with Crippen molar-refractivity contribution in [3.63, 3.8) is 0 Å². The molecule has 1 aromatic heterocycles. The molecule has 0 saturated heterocycles. The average molecular weight is 332 g/mol. The number of hydrogen-bond acceptors (Lipinski definition) is 5. The lowest BCUT2D eigenvalue weighted by atomic mass is 10.0. The lowest BCUT2D eigenvalue weighted by molar-refractivity contribution is 0.0737. The fraction of sp³-hybridized carbons (Fsp3) is 0.526. The maximum Gasteiger partial charge on any atom is 0.138 e. The highest BCUT2D eigenvalue weighted by atomic mass is 16.5. The van der Waals surface area contributed by atoms with Gasteiger partial charge < -0.3 is 14.4 Å². The molecule has 2 aromatic rings. The van der Waals surface area contributed by atoms with Crippen LogP contribution in [0, 0.1) is 13.8 Å². The Labute approximate surface area is 144 Å². The summed E-state index contributed by atoms with van der Waals surface area (Å²) in [5.41, 5.74) is 3.14. The third kappa shape index (κ3) is 4.82. The Morgan fingerprint density at radius 1 is 1.25 bits per heavy atom. The molecule has 1 aromatic carbocycles. The predicted molar refractivity (Wildman–Crippen MR) is 94.3 cm³/mol. The number of benzene rings is 1. The highest BCUT2D eigenvalue weighted by Gasteiger charge is 2.15. The van der Waals surface area contributed by atoms with Crippen LogP contribution in [0.4, 0.5) is 0 Å². The number of aromatic nitrogens is 1. The first kappa shape index (κ1) is 18.5. The van der Waals surface area contributed by atoms with Crippen LogP contribution in [0.5, 0.6) is 5.75 Å². The van der Waals surface area contributed by atoms with E-state index < -0.39 is 6.10 Å². The Hall–Kier alpha value is -1.85. The van der Waals surface area contributed by atoms with Gasteiger partial charge in [-0.3, -0.25) is 4.90 Å². The van der Waals surface area contributed by atoms with Gasteiger partial charge in [0.25, 0.3) is 0 Å². The van der Waals surface area contributed by atoms with Crippen molar-refractivity contribution in [1.82, 2.24) is 10.1 Å². The lowest BCUT2D eigenvalue weighted by Gasteiger charge is -2.21. The number of ether oxygens (including phenoxy) is 1. The molecule has 1 heterocycles. The minimum atomic E-state index is -0.560. The molecule has 24 heavy (non-hydrogen) atoms. The number of aryl methyl sites for hydroxylation is 2. The molecule has 0 amide bonds. The average Bonchev–Trinajstić information content (AvgIpc) is 2.85. The van der Waals surface area contributed by atoms with Gasteiger partial charge in [-0.25, -0.2) is 0 Å². The van der Waals surface area contributed by atoms with E-state index in [2.05, 4.69) is 30.0 Å². The molecule has 0 radical (unpaired) electrons. The summed E-state index contributed by atoms with van der Waals surface area (Å²) in [6.07, 6.45) is -0.560. The molecule has 1 atom stereocenters. The summed E-state index contributed by atoms with van der Waals surface area (Å²) in [7, 11) is 1.97. The van der Waals surface area contributed by atoms with Crippen LogP contribution in [0.3, 0.4) is 0 Å². The molecule has 0 aliphatic rings. The highest BCUT2D eigenvalue weighted by molar-refractivity contribution is 5.35. The van der Waals surface area contributed by atoms with Gasteiger partial charge >= 0.3 is 0 Å². The van der Waals surface area contributed by atoms with E-state index in [-0.39, 0.29) is 6.61 Å². The fourth-order valence-electron chi connectivity index (χ4n) is 2.75. The van der Waals surface area contributed by atoms with Crippen molar-refractivity contribution in [2.75, 3.05) is 20.2 Å². The Bertz CT molecular complexity index is 632. The summed E-state index contributed by atoms with van der Waals surface area (Å²) in [6, 6.07) is 7.98. The number of aliphatic hydroxyl groups is 1. The number of aliphatic hydroxyl groups excluding tert-OH is 1. The quantitative estimate of drug-likeness (QED) is 0.804. The maximum atomic E-state index is 10.3. The first-order chi connectivity index (χ1) is 11.4. The van der Waals surface area contributed by atoms with Gasteiger partial charge in [-0.15, -0.1) is 0 Å². The molecule has 0 fully saturated rings. The number of likely N-dealkylation sites (N-methyl/N-ethyl adjacent to an activating group) is 1. The van der Waals surface area contributed by atoms with E-state index in [1.165, 1.54) is 0 Å². The van der Waals surface area contributed by atoms with Crippen LogP contribution in [0.2, 0.25) is 0 Å². The van der Waals surface area contributed by atoms with Crippen molar-refractivity contribution in [3.8, 4) is 5.75 Å². The van der Waals surface area contributed by atoms with Crippen molar-refractivity contribution in [2.24, 2.45) is 0 Å². The molecule has 1 unspecified atom stereocenters. The second-order valence-corrected chi connectivity index (χ2v) is 6.66. The van der Waals surface area contributed by atoms with Crippen molar-refractivity contribution in [3.05, 3.63) is 46.8 Å². The zero-order chi connectivity index (χ0) is 17.7. The van der Waals surface area contributed by atoms with Gasteiger partial charge in [0, 0.05) is 18.7 Å². The molecule has 132 valence electrons. The van der Waals surface area contributed by atoms with Crippen LogP contribution in [-0.2, 0) is 6.54 Å². The number of para-hydroxylation sites is 1. The van der Waals surface area contributed by atoms with Gasteiger partial charge in [0.15, 0.2) is 0 Å². The van der Waals surface area contributed by atoms with Gasteiger partial charge in [0.2, 0.25) is 0 Å². The summed E-state index contributed by atoms with van der Waals surface area (Å²) >= 11 is 0. The molecule has 1 N–H and O–H groups in total. The molecule has 0 aliphatic carbocycles. The summed E-state index contributed by atoms with van der Waals surface area (Å²) < 4.78 is 11.0. The first-order valence-electron chi connectivity index (χ1n) is 8.38. The van der Waals surface area contributed by atoms with E-state index in [1.807, 2.05) is 39.1 Å². The van der Waals surface area contributed by atoms with Crippen LogP contribution in [0.1, 0.15) is 42.3 Å². The predicted octanol–water partition coefficient (Wildman–Crippen LogP) is 3.29. The third-order valence-electron chi connectivity index (χ3n) is 4.10. The molecular formula is C19H28N2O3. The molecule has 5 nitrogen and oxygen atoms in total. The second-order valence-electron chi connectivity index (χ2n) is 6.66. The lowest BCUT2D eigenvalue weighted by Crippen LogP contribution is -2.33. The topological polar surface area (TPSA) is 58.7 Å². The SMILES string of the molecule is Cc1noc(C)c1CN(C)CC(O)COc1ccccc1C(C)C. The Morgan fingerprint density at radius 3 is 2.58 bits per heavy atom. The number of nitrogens with zero attached hydrogens (tertiary/aromatic N) is 2. The molecule has 0 spiro atoms. The van der Waals surface area contributed by atoms with Gasteiger partial charge in [0.1, 0.15) is 24.2 Å². The Kier molecular flexibility index (Phi) is 6.40. The van der Waals surface area contributed by atoms with Crippen LogP contribution >= 0.6 is 0 Å². The number of rotatable bonds is 8. The van der Waals surface area contributed by atoms with Crippen LogP contribution in [-0.4, -0.2) is 41.5 Å². The molecule has 0 aliphatic heterocycles. The van der Waals surface area contributed by atoms with E-state index in [4.69, 9.17) is 9.26 Å². The Balaban J connectivity index is 1.86. The van der Waals surface area contributed by atoms with Gasteiger partial charge in [-0.1, -0.05) is 37.2 Å². The van der Waals surface area contributed by atoms with Crippen molar-refractivity contribution in [2.45, 2.75) is 46.3 Å².